The predicted molar refractivity (Wildman–Crippen MR) is 144 cm³/mol. The average Bonchev–Trinajstić information content (AvgIpc) is 3.30. The van der Waals surface area contributed by atoms with Crippen LogP contribution in [0.4, 0.5) is 0 Å². The second-order valence-electron chi connectivity index (χ2n) is 8.88. The maximum absolute atomic E-state index is 13.6. The van der Waals surface area contributed by atoms with Crippen LogP contribution >= 0.6 is 11.8 Å². The van der Waals surface area contributed by atoms with Gasteiger partial charge in [-0.25, -0.2) is 4.57 Å². The zero-order valence-electron chi connectivity index (χ0n) is 20.5. The molecule has 5 aromatic rings. The van der Waals surface area contributed by atoms with E-state index in [1.807, 2.05) is 72.8 Å². The van der Waals surface area contributed by atoms with E-state index in [-0.39, 0.29) is 17.2 Å². The van der Waals surface area contributed by atoms with E-state index < -0.39 is 0 Å². The molecule has 0 atom stereocenters. The van der Waals surface area contributed by atoms with Gasteiger partial charge in [0, 0.05) is 6.54 Å². The minimum atomic E-state index is -0.148. The highest BCUT2D eigenvalue weighted by Gasteiger charge is 2.19. The van der Waals surface area contributed by atoms with E-state index in [9.17, 15) is 9.59 Å². The molecule has 182 valence electrons. The van der Waals surface area contributed by atoms with Crippen molar-refractivity contribution in [2.45, 2.75) is 32.3 Å². The Morgan fingerprint density at radius 1 is 0.944 bits per heavy atom. The van der Waals surface area contributed by atoms with E-state index in [0.29, 0.717) is 28.4 Å². The summed E-state index contributed by atoms with van der Waals surface area (Å²) in [4.78, 5) is 26.1. The minimum absolute atomic E-state index is 0.0718. The highest BCUT2D eigenvalue weighted by atomic mass is 32.2. The molecule has 0 radical (unpaired) electrons. The molecule has 1 N–H and O–H groups in total. The summed E-state index contributed by atoms with van der Waals surface area (Å²) in [5, 5.41) is 12.9. The van der Waals surface area contributed by atoms with Crippen LogP contribution < -0.4 is 10.9 Å². The van der Waals surface area contributed by atoms with Gasteiger partial charge in [-0.1, -0.05) is 60.3 Å². The summed E-state index contributed by atoms with van der Waals surface area (Å²) in [6.07, 6.45) is 0.781. The van der Waals surface area contributed by atoms with Crippen LogP contribution in [0.1, 0.15) is 22.3 Å². The van der Waals surface area contributed by atoms with Gasteiger partial charge in [-0.15, -0.1) is 10.2 Å². The van der Waals surface area contributed by atoms with Gasteiger partial charge in [0.25, 0.3) is 5.56 Å². The number of hydrogen-bond acceptors (Lipinski definition) is 5. The van der Waals surface area contributed by atoms with E-state index in [4.69, 9.17) is 0 Å². The van der Waals surface area contributed by atoms with E-state index in [0.717, 1.165) is 23.2 Å². The van der Waals surface area contributed by atoms with Crippen LogP contribution in [0.3, 0.4) is 0 Å². The first-order chi connectivity index (χ1) is 17.4. The van der Waals surface area contributed by atoms with Gasteiger partial charge < -0.3 is 5.32 Å². The molecule has 0 spiro atoms. The lowest BCUT2D eigenvalue weighted by atomic mass is 10.1. The van der Waals surface area contributed by atoms with E-state index >= 15 is 0 Å². The van der Waals surface area contributed by atoms with Crippen LogP contribution in [0.25, 0.3) is 22.4 Å². The fourth-order valence-corrected chi connectivity index (χ4v) is 5.13. The van der Waals surface area contributed by atoms with Gasteiger partial charge in [-0.05, 0) is 67.6 Å². The third kappa shape index (κ3) is 4.52. The van der Waals surface area contributed by atoms with Crippen LogP contribution in [0.5, 0.6) is 0 Å². The van der Waals surface area contributed by atoms with Crippen LogP contribution in [-0.2, 0) is 11.2 Å². The van der Waals surface area contributed by atoms with Crippen LogP contribution in [0.2, 0.25) is 0 Å². The first-order valence-electron chi connectivity index (χ1n) is 11.8. The third-order valence-corrected chi connectivity index (χ3v) is 7.24. The molecule has 0 saturated heterocycles. The quantitative estimate of drug-likeness (QED) is 0.337. The first-order valence-corrected chi connectivity index (χ1v) is 12.8. The van der Waals surface area contributed by atoms with Gasteiger partial charge in [0.1, 0.15) is 0 Å². The number of aryl methyl sites for hydroxylation is 3. The molecule has 8 heteroatoms. The highest BCUT2D eigenvalue weighted by Crippen LogP contribution is 2.24. The zero-order valence-corrected chi connectivity index (χ0v) is 21.3. The Bertz CT molecular complexity index is 1650. The molecule has 0 fully saturated rings. The Kier molecular flexibility index (Phi) is 6.61. The lowest BCUT2D eigenvalue weighted by Crippen LogP contribution is -2.27. The standard InChI is InChI=1S/C28H27N5O2S/c1-18-12-13-20(3)24(16-18)32-26(35)22-10-6-7-11-23(22)33-27(32)30-31-28(33)36-17-25(34)29-15-14-21-9-5-4-8-19(21)2/h4-13,16H,14-15,17H2,1-3H3,(H,29,34). The molecule has 3 aromatic carbocycles. The summed E-state index contributed by atoms with van der Waals surface area (Å²) in [5.74, 6) is 0.554. The molecule has 0 aliphatic carbocycles. The normalized spacial score (nSPS) is 11.3. The molecule has 2 aromatic heterocycles. The maximum atomic E-state index is 13.6. The molecule has 0 unspecified atom stereocenters. The molecule has 0 aliphatic rings. The summed E-state index contributed by atoms with van der Waals surface area (Å²) in [7, 11) is 0. The number of para-hydroxylation sites is 1. The molecule has 1 amide bonds. The summed E-state index contributed by atoms with van der Waals surface area (Å²) in [5.41, 5.74) is 5.79. The van der Waals surface area contributed by atoms with Gasteiger partial charge in [0.15, 0.2) is 5.16 Å². The number of aromatic nitrogens is 4. The van der Waals surface area contributed by atoms with Gasteiger partial charge in [0.05, 0.1) is 22.3 Å². The van der Waals surface area contributed by atoms with Gasteiger partial charge in [0.2, 0.25) is 11.7 Å². The number of nitrogens with zero attached hydrogens (tertiary/aromatic N) is 4. The number of benzene rings is 3. The third-order valence-electron chi connectivity index (χ3n) is 6.31. The van der Waals surface area contributed by atoms with Crippen molar-refractivity contribution in [3.63, 3.8) is 0 Å². The number of amides is 1. The Morgan fingerprint density at radius 3 is 2.56 bits per heavy atom. The molecule has 7 nitrogen and oxygen atoms in total. The smallest absolute Gasteiger partial charge is 0.267 e. The first kappa shape index (κ1) is 23.8. The summed E-state index contributed by atoms with van der Waals surface area (Å²) >= 11 is 1.31. The lowest BCUT2D eigenvalue weighted by Gasteiger charge is -2.14. The molecular weight excluding hydrogens is 470 g/mol. The Balaban J connectivity index is 1.44. The van der Waals surface area contributed by atoms with Gasteiger partial charge in [-0.2, -0.15) is 0 Å². The summed E-state index contributed by atoms with van der Waals surface area (Å²) in [6, 6.07) is 21.6. The Morgan fingerprint density at radius 2 is 1.72 bits per heavy atom. The van der Waals surface area contributed by atoms with Crippen LogP contribution in [0, 0.1) is 20.8 Å². The summed E-state index contributed by atoms with van der Waals surface area (Å²) in [6.45, 7) is 6.61. The largest absolute Gasteiger partial charge is 0.355 e. The number of carbonyl (C=O) groups is 1. The topological polar surface area (TPSA) is 81.3 Å². The van der Waals surface area contributed by atoms with E-state index in [1.54, 1.807) is 4.57 Å². The van der Waals surface area contributed by atoms with Crippen LogP contribution in [0.15, 0.2) is 76.7 Å². The Labute approximate surface area is 213 Å². The number of thioether (sulfide) groups is 1. The van der Waals surface area contributed by atoms with Crippen molar-refractivity contribution in [3.8, 4) is 5.69 Å². The number of nitrogens with one attached hydrogen (secondary N) is 1. The predicted octanol–water partition coefficient (Wildman–Crippen LogP) is 4.41. The van der Waals surface area contributed by atoms with Crippen molar-refractivity contribution in [1.29, 1.82) is 0 Å². The van der Waals surface area contributed by atoms with Crippen molar-refractivity contribution >= 4 is 34.3 Å². The van der Waals surface area contributed by atoms with E-state index in [2.05, 4.69) is 34.6 Å². The van der Waals surface area contributed by atoms with Crippen molar-refractivity contribution in [2.75, 3.05) is 12.3 Å². The lowest BCUT2D eigenvalue weighted by molar-refractivity contribution is -0.118. The number of rotatable bonds is 7. The van der Waals surface area contributed by atoms with Crippen molar-refractivity contribution in [3.05, 3.63) is 99.3 Å². The molecule has 0 bridgehead atoms. The van der Waals surface area contributed by atoms with Crippen molar-refractivity contribution < 1.29 is 4.79 Å². The van der Waals surface area contributed by atoms with Crippen LogP contribution in [-0.4, -0.2) is 37.4 Å². The number of carbonyl (C=O) groups excluding carboxylic acids is 1. The molecule has 0 aliphatic heterocycles. The fraction of sp³-hybridized carbons (Fsp3) is 0.214. The summed E-state index contributed by atoms with van der Waals surface area (Å²) < 4.78 is 3.48. The number of hydrogen-bond donors (Lipinski definition) is 1. The van der Waals surface area contributed by atoms with Crippen molar-refractivity contribution in [1.82, 2.24) is 24.5 Å². The molecular formula is C28H27N5O2S. The van der Waals surface area contributed by atoms with E-state index in [1.165, 1.54) is 22.9 Å². The number of fused-ring (bicyclic) bond motifs is 3. The second kappa shape index (κ2) is 9.99. The molecule has 0 saturated carbocycles. The maximum Gasteiger partial charge on any atom is 0.267 e. The minimum Gasteiger partial charge on any atom is -0.355 e. The molecule has 5 rings (SSSR count). The monoisotopic (exact) mass is 497 g/mol. The average molecular weight is 498 g/mol. The Hall–Kier alpha value is -3.91. The van der Waals surface area contributed by atoms with Gasteiger partial charge in [-0.3, -0.25) is 14.0 Å². The second-order valence-corrected chi connectivity index (χ2v) is 9.82. The molecule has 2 heterocycles. The SMILES string of the molecule is Cc1ccc(C)c(-n2c(=O)c3ccccc3n3c(SCC(=O)NCCc4ccccc4C)nnc23)c1. The van der Waals surface area contributed by atoms with Gasteiger partial charge >= 0.3 is 0 Å². The molecule has 36 heavy (non-hydrogen) atoms. The highest BCUT2D eigenvalue weighted by molar-refractivity contribution is 7.99. The van der Waals surface area contributed by atoms with Crippen molar-refractivity contribution in [2.24, 2.45) is 0 Å². The fourth-order valence-electron chi connectivity index (χ4n) is 4.36. The zero-order chi connectivity index (χ0) is 25.2.